The maximum Gasteiger partial charge on any atom is 0.271 e. The summed E-state index contributed by atoms with van der Waals surface area (Å²) in [6.07, 6.45) is 0. The van der Waals surface area contributed by atoms with Crippen molar-refractivity contribution in [3.63, 3.8) is 0 Å². The molecule has 8 heavy (non-hydrogen) atoms. The molecule has 2 nitrogen and oxygen atoms in total. The first-order valence-corrected chi connectivity index (χ1v) is 2.90. The Morgan fingerprint density at radius 2 is 1.88 bits per heavy atom. The van der Waals surface area contributed by atoms with Gasteiger partial charge in [-0.25, -0.2) is 0 Å². The maximum absolute atomic E-state index is 10.3. The zero-order valence-electron chi connectivity index (χ0n) is 4.04. The van der Waals surface area contributed by atoms with Crippen LogP contribution in [0.1, 0.15) is 0 Å². The molecular weight excluding hydrogens is 172 g/mol. The molecule has 0 saturated heterocycles. The molecule has 0 aliphatic rings. The SMILES string of the molecule is CNC(=O)C(Cl)(Cl)Cl. The minimum absolute atomic E-state index is 0.623. The monoisotopic (exact) mass is 175 g/mol. The maximum atomic E-state index is 10.3. The lowest BCUT2D eigenvalue weighted by molar-refractivity contribution is -0.119. The highest BCUT2D eigenvalue weighted by atomic mass is 35.6. The second kappa shape index (κ2) is 2.76. The van der Waals surface area contributed by atoms with Crippen molar-refractivity contribution in [1.29, 1.82) is 0 Å². The van der Waals surface area contributed by atoms with Gasteiger partial charge in [0.2, 0.25) is 0 Å². The van der Waals surface area contributed by atoms with Gasteiger partial charge in [-0.3, -0.25) is 4.79 Å². The van der Waals surface area contributed by atoms with E-state index >= 15 is 0 Å². The van der Waals surface area contributed by atoms with Crippen LogP contribution >= 0.6 is 34.8 Å². The van der Waals surface area contributed by atoms with Gasteiger partial charge in [0.05, 0.1) is 0 Å². The van der Waals surface area contributed by atoms with Crippen molar-refractivity contribution in [3.05, 3.63) is 0 Å². The number of halogens is 3. The number of carbonyl (C=O) groups excluding carboxylic acids is 1. The van der Waals surface area contributed by atoms with Crippen LogP contribution in [-0.4, -0.2) is 16.7 Å². The van der Waals surface area contributed by atoms with Gasteiger partial charge in [0.1, 0.15) is 0 Å². The van der Waals surface area contributed by atoms with E-state index in [1.807, 2.05) is 0 Å². The van der Waals surface area contributed by atoms with E-state index in [1.54, 1.807) is 0 Å². The lowest BCUT2D eigenvalue weighted by Crippen LogP contribution is -2.31. The molecule has 0 rings (SSSR count). The quantitative estimate of drug-likeness (QED) is 0.550. The molecule has 0 unspecified atom stereocenters. The highest BCUT2D eigenvalue weighted by Crippen LogP contribution is 2.25. The summed E-state index contributed by atoms with van der Waals surface area (Å²) in [5.74, 6) is -0.623. The third kappa shape index (κ3) is 2.60. The average Bonchev–Trinajstić information content (AvgIpc) is 1.62. The first-order valence-electron chi connectivity index (χ1n) is 1.77. The molecule has 0 aromatic heterocycles. The fraction of sp³-hybridized carbons (Fsp3) is 0.667. The van der Waals surface area contributed by atoms with Crippen LogP contribution in [0.25, 0.3) is 0 Å². The molecule has 0 aromatic rings. The van der Waals surface area contributed by atoms with Gasteiger partial charge < -0.3 is 5.32 Å². The van der Waals surface area contributed by atoms with Crippen LogP contribution in [0, 0.1) is 0 Å². The van der Waals surface area contributed by atoms with E-state index in [1.165, 1.54) is 7.05 Å². The van der Waals surface area contributed by atoms with E-state index in [2.05, 4.69) is 5.32 Å². The van der Waals surface area contributed by atoms with Crippen molar-refractivity contribution in [2.75, 3.05) is 7.05 Å². The molecular formula is C3H4Cl3NO. The van der Waals surface area contributed by atoms with Gasteiger partial charge in [0.25, 0.3) is 9.70 Å². The van der Waals surface area contributed by atoms with Gasteiger partial charge in [-0.2, -0.15) is 0 Å². The van der Waals surface area contributed by atoms with Crippen LogP contribution in [0.4, 0.5) is 0 Å². The number of hydrogen-bond donors (Lipinski definition) is 1. The Morgan fingerprint density at radius 3 is 1.88 bits per heavy atom. The van der Waals surface area contributed by atoms with Gasteiger partial charge in [-0.05, 0) is 0 Å². The van der Waals surface area contributed by atoms with Crippen LogP contribution in [0.15, 0.2) is 0 Å². The number of hydrogen-bond acceptors (Lipinski definition) is 1. The molecule has 0 atom stereocenters. The number of rotatable bonds is 0. The molecule has 0 aromatic carbocycles. The Balaban J connectivity index is 3.82. The van der Waals surface area contributed by atoms with Gasteiger partial charge in [0, 0.05) is 7.05 Å². The van der Waals surface area contributed by atoms with Crippen LogP contribution in [0.2, 0.25) is 0 Å². The van der Waals surface area contributed by atoms with Gasteiger partial charge in [-0.15, -0.1) is 0 Å². The summed E-state index contributed by atoms with van der Waals surface area (Å²) in [4.78, 5) is 10.3. The first kappa shape index (κ1) is 8.34. The zero-order chi connectivity index (χ0) is 6.78. The zero-order valence-corrected chi connectivity index (χ0v) is 6.31. The molecule has 1 N–H and O–H groups in total. The Bertz CT molecular complexity index is 97.2. The number of alkyl halides is 3. The normalized spacial score (nSPS) is 11.0. The van der Waals surface area contributed by atoms with Crippen molar-refractivity contribution >= 4 is 40.7 Å². The highest BCUT2D eigenvalue weighted by molar-refractivity contribution is 6.76. The van der Waals surface area contributed by atoms with E-state index in [9.17, 15) is 4.79 Å². The Morgan fingerprint density at radius 1 is 1.50 bits per heavy atom. The summed E-state index contributed by atoms with van der Waals surface area (Å²) in [6.45, 7) is 0. The minimum atomic E-state index is -1.82. The summed E-state index contributed by atoms with van der Waals surface area (Å²) in [6, 6.07) is 0. The smallest absolute Gasteiger partial charge is 0.271 e. The van der Waals surface area contributed by atoms with Crippen molar-refractivity contribution in [2.24, 2.45) is 0 Å². The van der Waals surface area contributed by atoms with E-state index in [0.717, 1.165) is 0 Å². The van der Waals surface area contributed by atoms with E-state index in [-0.39, 0.29) is 0 Å². The second-order valence-corrected chi connectivity index (χ2v) is 3.36. The molecule has 0 aliphatic carbocycles. The summed E-state index contributed by atoms with van der Waals surface area (Å²) >= 11 is 15.3. The predicted molar refractivity (Wildman–Crippen MR) is 34.4 cm³/mol. The number of carbonyl (C=O) groups is 1. The molecule has 48 valence electrons. The summed E-state index contributed by atoms with van der Waals surface area (Å²) in [5.41, 5.74) is 0. The largest absolute Gasteiger partial charge is 0.355 e. The lowest BCUT2D eigenvalue weighted by Gasteiger charge is -2.06. The molecule has 0 fully saturated rings. The van der Waals surface area contributed by atoms with Crippen LogP contribution in [0.5, 0.6) is 0 Å². The van der Waals surface area contributed by atoms with Gasteiger partial charge in [-0.1, -0.05) is 34.8 Å². The first-order chi connectivity index (χ1) is 3.48. The molecule has 5 heteroatoms. The Hall–Kier alpha value is 0.340. The standard InChI is InChI=1S/C3H4Cl3NO/c1-7-2(8)3(4,5)6/h1H3,(H,7,8). The topological polar surface area (TPSA) is 29.1 Å². The van der Waals surface area contributed by atoms with Crippen LogP contribution < -0.4 is 5.32 Å². The van der Waals surface area contributed by atoms with Gasteiger partial charge in [0.15, 0.2) is 0 Å². The minimum Gasteiger partial charge on any atom is -0.355 e. The summed E-state index contributed by atoms with van der Waals surface area (Å²) in [5, 5.41) is 2.17. The fourth-order valence-electron chi connectivity index (χ4n) is 0.142. The second-order valence-electron chi connectivity index (χ2n) is 1.08. The molecule has 1 amide bonds. The Kier molecular flexibility index (Phi) is 2.88. The third-order valence-electron chi connectivity index (χ3n) is 0.485. The molecule has 0 radical (unpaired) electrons. The predicted octanol–water partition coefficient (Wildman–Crippen LogP) is 1.10. The average molecular weight is 176 g/mol. The van der Waals surface area contributed by atoms with Crippen molar-refractivity contribution < 1.29 is 4.79 Å². The van der Waals surface area contributed by atoms with E-state index in [0.29, 0.717) is 0 Å². The van der Waals surface area contributed by atoms with Crippen LogP contribution in [-0.2, 0) is 4.79 Å². The third-order valence-corrected chi connectivity index (χ3v) is 0.999. The van der Waals surface area contributed by atoms with Crippen molar-refractivity contribution in [3.8, 4) is 0 Å². The molecule has 0 saturated carbocycles. The van der Waals surface area contributed by atoms with E-state index in [4.69, 9.17) is 34.8 Å². The molecule has 0 heterocycles. The van der Waals surface area contributed by atoms with E-state index < -0.39 is 9.70 Å². The van der Waals surface area contributed by atoms with Gasteiger partial charge >= 0.3 is 0 Å². The lowest BCUT2D eigenvalue weighted by atomic mass is 10.7. The summed E-state index contributed by atoms with van der Waals surface area (Å²) in [7, 11) is 1.39. The summed E-state index contributed by atoms with van der Waals surface area (Å²) < 4.78 is -1.82. The molecule has 0 aliphatic heterocycles. The number of nitrogens with one attached hydrogen (secondary N) is 1. The number of amides is 1. The fourth-order valence-corrected chi connectivity index (χ4v) is 0.425. The van der Waals surface area contributed by atoms with Crippen LogP contribution in [0.3, 0.4) is 0 Å². The highest BCUT2D eigenvalue weighted by Gasteiger charge is 2.28. The molecule has 0 bridgehead atoms. The van der Waals surface area contributed by atoms with Crippen molar-refractivity contribution in [2.45, 2.75) is 3.79 Å². The molecule has 0 spiro atoms. The van der Waals surface area contributed by atoms with Crippen molar-refractivity contribution in [1.82, 2.24) is 5.32 Å². The Labute approximate surface area is 62.1 Å².